The van der Waals surface area contributed by atoms with Gasteiger partial charge in [0.05, 0.1) is 5.92 Å². The molecule has 1 aromatic rings. The van der Waals surface area contributed by atoms with Gasteiger partial charge in [0.2, 0.25) is 17.8 Å². The standard InChI is InChI=1S/C17H26N6O3/c1-9-4-3-5-12(10(9)2)23-7-11(6-14(23)24)15(25)26-8-13-20-16(18)22-17(19)21-13/h9-12H,3-8H2,1-2H3,(H4,18,19,20,21,22)/t9-,10-,11-,12-/m1/s1. The van der Waals surface area contributed by atoms with E-state index in [9.17, 15) is 9.59 Å². The van der Waals surface area contributed by atoms with Gasteiger partial charge in [-0.25, -0.2) is 0 Å². The highest BCUT2D eigenvalue weighted by Crippen LogP contribution is 2.35. The SMILES string of the molecule is C[C@@H]1[C@H](C)CCC[C@H]1N1C[C@H](C(=O)OCc2nc(N)nc(N)n2)CC1=O. The Kier molecular flexibility index (Phi) is 5.24. The Bertz CT molecular complexity index is 677. The first kappa shape index (κ1) is 18.3. The molecule has 1 amide bonds. The molecule has 0 spiro atoms. The van der Waals surface area contributed by atoms with Gasteiger partial charge in [0.1, 0.15) is 0 Å². The zero-order valence-electron chi connectivity index (χ0n) is 15.2. The van der Waals surface area contributed by atoms with Crippen molar-refractivity contribution in [2.75, 3.05) is 18.0 Å². The molecule has 0 bridgehead atoms. The summed E-state index contributed by atoms with van der Waals surface area (Å²) in [7, 11) is 0. The van der Waals surface area contributed by atoms with E-state index in [1.165, 1.54) is 6.42 Å². The molecule has 1 aliphatic carbocycles. The van der Waals surface area contributed by atoms with Crippen LogP contribution in [0, 0.1) is 17.8 Å². The van der Waals surface area contributed by atoms with Gasteiger partial charge in [0.15, 0.2) is 12.4 Å². The molecule has 0 unspecified atom stereocenters. The molecule has 3 rings (SSSR count). The summed E-state index contributed by atoms with van der Waals surface area (Å²) in [5.74, 6) is 0.340. The Labute approximate surface area is 152 Å². The number of carbonyl (C=O) groups excluding carboxylic acids is 2. The maximum absolute atomic E-state index is 12.5. The number of hydrogen-bond donors (Lipinski definition) is 2. The van der Waals surface area contributed by atoms with Crippen LogP contribution < -0.4 is 11.5 Å². The first-order valence-corrected chi connectivity index (χ1v) is 9.07. The number of carbonyl (C=O) groups is 2. The molecular formula is C17H26N6O3. The molecule has 1 aromatic heterocycles. The van der Waals surface area contributed by atoms with E-state index in [2.05, 4.69) is 28.8 Å². The number of nitrogen functional groups attached to an aromatic ring is 2. The quantitative estimate of drug-likeness (QED) is 0.749. The first-order chi connectivity index (χ1) is 12.3. The van der Waals surface area contributed by atoms with E-state index >= 15 is 0 Å². The Morgan fingerprint density at radius 3 is 2.58 bits per heavy atom. The summed E-state index contributed by atoms with van der Waals surface area (Å²) >= 11 is 0. The summed E-state index contributed by atoms with van der Waals surface area (Å²) < 4.78 is 5.27. The topological polar surface area (TPSA) is 137 Å². The fourth-order valence-corrected chi connectivity index (χ4v) is 3.98. The number of nitrogens with two attached hydrogens (primary N) is 2. The number of rotatable bonds is 4. The highest BCUT2D eigenvalue weighted by atomic mass is 16.5. The molecule has 1 saturated heterocycles. The monoisotopic (exact) mass is 362 g/mol. The van der Waals surface area contributed by atoms with Crippen LogP contribution in [0.5, 0.6) is 0 Å². The molecule has 26 heavy (non-hydrogen) atoms. The van der Waals surface area contributed by atoms with Crippen molar-refractivity contribution in [3.05, 3.63) is 5.82 Å². The molecule has 1 aliphatic heterocycles. The van der Waals surface area contributed by atoms with E-state index in [0.717, 1.165) is 12.8 Å². The number of esters is 1. The third kappa shape index (κ3) is 3.86. The van der Waals surface area contributed by atoms with Gasteiger partial charge in [-0.3, -0.25) is 9.59 Å². The fourth-order valence-electron chi connectivity index (χ4n) is 3.98. The minimum atomic E-state index is -0.455. The second kappa shape index (κ2) is 7.43. The Hall–Kier alpha value is -2.45. The zero-order chi connectivity index (χ0) is 18.8. The van der Waals surface area contributed by atoms with Crippen LogP contribution in [0.15, 0.2) is 0 Å². The lowest BCUT2D eigenvalue weighted by molar-refractivity contribution is -0.150. The minimum absolute atomic E-state index is 0.0221. The number of ether oxygens (including phenoxy) is 1. The van der Waals surface area contributed by atoms with Crippen molar-refractivity contribution >= 4 is 23.8 Å². The van der Waals surface area contributed by atoms with E-state index in [1.54, 1.807) is 0 Å². The normalized spacial score (nSPS) is 29.0. The van der Waals surface area contributed by atoms with Crippen molar-refractivity contribution in [3.8, 4) is 0 Å². The van der Waals surface area contributed by atoms with Gasteiger partial charge in [-0.05, 0) is 18.3 Å². The summed E-state index contributed by atoms with van der Waals surface area (Å²) in [6.07, 6.45) is 3.51. The van der Waals surface area contributed by atoms with Gasteiger partial charge in [-0.2, -0.15) is 15.0 Å². The van der Waals surface area contributed by atoms with Crippen LogP contribution in [0.25, 0.3) is 0 Å². The second-order valence-corrected chi connectivity index (χ2v) is 7.36. The Balaban J connectivity index is 1.58. The highest BCUT2D eigenvalue weighted by molar-refractivity contribution is 5.87. The third-order valence-corrected chi connectivity index (χ3v) is 5.62. The van der Waals surface area contributed by atoms with Crippen molar-refractivity contribution in [3.63, 3.8) is 0 Å². The number of likely N-dealkylation sites (tertiary alicyclic amines) is 1. The maximum Gasteiger partial charge on any atom is 0.311 e. The van der Waals surface area contributed by atoms with Crippen LogP contribution in [0.3, 0.4) is 0 Å². The number of nitrogens with zero attached hydrogens (tertiary/aromatic N) is 4. The number of amides is 1. The molecule has 9 nitrogen and oxygen atoms in total. The van der Waals surface area contributed by atoms with Crippen LogP contribution in [0.4, 0.5) is 11.9 Å². The van der Waals surface area contributed by atoms with Crippen molar-refractivity contribution in [1.82, 2.24) is 19.9 Å². The van der Waals surface area contributed by atoms with E-state index in [0.29, 0.717) is 18.4 Å². The summed E-state index contributed by atoms with van der Waals surface area (Å²) in [6, 6.07) is 0.215. The van der Waals surface area contributed by atoms with Gasteiger partial charge in [-0.15, -0.1) is 0 Å². The lowest BCUT2D eigenvalue weighted by atomic mass is 9.77. The molecule has 2 aliphatic rings. The number of aromatic nitrogens is 3. The van der Waals surface area contributed by atoms with E-state index in [1.807, 2.05) is 4.90 Å². The molecule has 0 radical (unpaired) electrons. The molecule has 142 valence electrons. The second-order valence-electron chi connectivity index (χ2n) is 7.36. The Morgan fingerprint density at radius 1 is 1.19 bits per heavy atom. The molecular weight excluding hydrogens is 336 g/mol. The molecule has 0 aromatic carbocycles. The van der Waals surface area contributed by atoms with E-state index < -0.39 is 11.9 Å². The molecule has 2 heterocycles. The van der Waals surface area contributed by atoms with Gasteiger partial charge in [0, 0.05) is 19.0 Å². The highest BCUT2D eigenvalue weighted by Gasteiger charge is 2.42. The smallest absolute Gasteiger partial charge is 0.311 e. The molecule has 2 fully saturated rings. The van der Waals surface area contributed by atoms with E-state index in [4.69, 9.17) is 16.2 Å². The molecule has 1 saturated carbocycles. The van der Waals surface area contributed by atoms with Gasteiger partial charge in [0.25, 0.3) is 0 Å². The van der Waals surface area contributed by atoms with Crippen molar-refractivity contribution in [2.24, 2.45) is 17.8 Å². The summed E-state index contributed by atoms with van der Waals surface area (Å²) in [5, 5.41) is 0. The van der Waals surface area contributed by atoms with Crippen LogP contribution >= 0.6 is 0 Å². The van der Waals surface area contributed by atoms with Gasteiger partial charge in [-0.1, -0.05) is 26.7 Å². The van der Waals surface area contributed by atoms with Crippen molar-refractivity contribution in [2.45, 2.75) is 52.2 Å². The van der Waals surface area contributed by atoms with Gasteiger partial charge < -0.3 is 21.1 Å². The van der Waals surface area contributed by atoms with Crippen LogP contribution in [0.1, 0.15) is 45.4 Å². The van der Waals surface area contributed by atoms with Gasteiger partial charge >= 0.3 is 5.97 Å². The Morgan fingerprint density at radius 2 is 1.88 bits per heavy atom. The average Bonchev–Trinajstić information content (AvgIpc) is 2.96. The third-order valence-electron chi connectivity index (χ3n) is 5.62. The average molecular weight is 362 g/mol. The van der Waals surface area contributed by atoms with Crippen LogP contribution in [-0.4, -0.2) is 44.3 Å². The van der Waals surface area contributed by atoms with Crippen LogP contribution in [-0.2, 0) is 20.9 Å². The summed E-state index contributed by atoms with van der Waals surface area (Å²) in [6.45, 7) is 4.70. The largest absolute Gasteiger partial charge is 0.457 e. The lowest BCUT2D eigenvalue weighted by Crippen LogP contribution is -2.45. The molecule has 9 heteroatoms. The zero-order valence-corrected chi connectivity index (χ0v) is 15.2. The number of anilines is 2. The number of hydrogen-bond acceptors (Lipinski definition) is 8. The maximum atomic E-state index is 12.5. The van der Waals surface area contributed by atoms with Crippen molar-refractivity contribution < 1.29 is 14.3 Å². The molecule has 4 N–H and O–H groups in total. The predicted octanol–water partition coefficient (Wildman–Crippen LogP) is 0.752. The first-order valence-electron chi connectivity index (χ1n) is 9.07. The fraction of sp³-hybridized carbons (Fsp3) is 0.706. The predicted molar refractivity (Wildman–Crippen MR) is 94.2 cm³/mol. The summed E-state index contributed by atoms with van der Waals surface area (Å²) in [4.78, 5) is 38.1. The van der Waals surface area contributed by atoms with Crippen molar-refractivity contribution in [1.29, 1.82) is 0 Å². The summed E-state index contributed by atoms with van der Waals surface area (Å²) in [5.41, 5.74) is 11.0. The molecule has 4 atom stereocenters. The minimum Gasteiger partial charge on any atom is -0.457 e. The van der Waals surface area contributed by atoms with Crippen LogP contribution in [0.2, 0.25) is 0 Å². The lowest BCUT2D eigenvalue weighted by Gasteiger charge is -2.39. The van der Waals surface area contributed by atoms with E-state index in [-0.39, 0.29) is 42.7 Å².